The van der Waals surface area contributed by atoms with Crippen LogP contribution < -0.4 is 5.32 Å². The first-order valence-electron chi connectivity index (χ1n) is 7.29. The van der Waals surface area contributed by atoms with Crippen molar-refractivity contribution in [3.63, 3.8) is 0 Å². The number of aliphatic hydroxyl groups is 1. The topological polar surface area (TPSA) is 52.6 Å². The van der Waals surface area contributed by atoms with Gasteiger partial charge in [-0.2, -0.15) is 0 Å². The van der Waals surface area contributed by atoms with E-state index in [0.717, 1.165) is 38.8 Å². The summed E-state index contributed by atoms with van der Waals surface area (Å²) in [4.78, 5) is 13.9. The second kappa shape index (κ2) is 7.62. The zero-order valence-electron chi connectivity index (χ0n) is 12.0. The summed E-state index contributed by atoms with van der Waals surface area (Å²) in [5.74, 6) is 0.809. The first-order valence-corrected chi connectivity index (χ1v) is 7.29. The Morgan fingerprint density at radius 2 is 2.11 bits per heavy atom. The summed E-state index contributed by atoms with van der Waals surface area (Å²) in [5.41, 5.74) is 0. The van der Waals surface area contributed by atoms with Crippen LogP contribution in [-0.2, 0) is 0 Å². The SMILES string of the molecule is CCC(CC)CNC(=O)N1CCCC(C(C)O)C1. The molecule has 2 amide bonds. The average molecular weight is 256 g/mol. The van der Waals surface area contributed by atoms with Crippen LogP contribution in [0.5, 0.6) is 0 Å². The van der Waals surface area contributed by atoms with Crippen molar-refractivity contribution in [3.8, 4) is 0 Å². The number of hydrogen-bond acceptors (Lipinski definition) is 2. The van der Waals surface area contributed by atoms with Crippen LogP contribution in [0.15, 0.2) is 0 Å². The number of urea groups is 1. The summed E-state index contributed by atoms with van der Waals surface area (Å²) in [5, 5.41) is 12.6. The lowest BCUT2D eigenvalue weighted by molar-refractivity contribution is 0.0737. The van der Waals surface area contributed by atoms with Gasteiger partial charge in [-0.1, -0.05) is 26.7 Å². The van der Waals surface area contributed by atoms with Crippen molar-refractivity contribution in [2.24, 2.45) is 11.8 Å². The molecule has 0 saturated carbocycles. The summed E-state index contributed by atoms with van der Waals surface area (Å²) in [6.07, 6.45) is 3.90. The van der Waals surface area contributed by atoms with Crippen LogP contribution in [0, 0.1) is 11.8 Å². The van der Waals surface area contributed by atoms with Gasteiger partial charge in [-0.15, -0.1) is 0 Å². The fraction of sp³-hybridized carbons (Fsp3) is 0.929. The van der Waals surface area contributed by atoms with E-state index in [1.807, 2.05) is 11.8 Å². The summed E-state index contributed by atoms with van der Waals surface area (Å²) >= 11 is 0. The van der Waals surface area contributed by atoms with Gasteiger partial charge in [-0.05, 0) is 25.7 Å². The van der Waals surface area contributed by atoms with E-state index in [-0.39, 0.29) is 18.1 Å². The van der Waals surface area contributed by atoms with Crippen LogP contribution in [0.2, 0.25) is 0 Å². The van der Waals surface area contributed by atoms with Crippen molar-refractivity contribution in [1.29, 1.82) is 0 Å². The molecule has 2 atom stereocenters. The van der Waals surface area contributed by atoms with E-state index in [9.17, 15) is 9.90 Å². The Morgan fingerprint density at radius 3 is 2.67 bits per heavy atom. The smallest absolute Gasteiger partial charge is 0.317 e. The molecular formula is C14H28N2O2. The third-order valence-corrected chi connectivity index (χ3v) is 4.12. The van der Waals surface area contributed by atoms with Gasteiger partial charge in [0.1, 0.15) is 0 Å². The molecule has 18 heavy (non-hydrogen) atoms. The molecule has 0 spiro atoms. The molecule has 0 radical (unpaired) electrons. The molecule has 1 fully saturated rings. The number of carbonyl (C=O) groups is 1. The van der Waals surface area contributed by atoms with Gasteiger partial charge < -0.3 is 15.3 Å². The Hall–Kier alpha value is -0.770. The van der Waals surface area contributed by atoms with Crippen molar-refractivity contribution >= 4 is 6.03 Å². The summed E-state index contributed by atoms with van der Waals surface area (Å²) in [6.45, 7) is 8.40. The summed E-state index contributed by atoms with van der Waals surface area (Å²) in [6, 6.07) is 0.0345. The number of likely N-dealkylation sites (tertiary alicyclic amines) is 1. The minimum Gasteiger partial charge on any atom is -0.393 e. The van der Waals surface area contributed by atoms with Crippen molar-refractivity contribution in [2.75, 3.05) is 19.6 Å². The Labute approximate surface area is 111 Å². The van der Waals surface area contributed by atoms with Crippen LogP contribution in [0.1, 0.15) is 46.5 Å². The molecule has 1 saturated heterocycles. The lowest BCUT2D eigenvalue weighted by Crippen LogP contribution is -2.48. The third-order valence-electron chi connectivity index (χ3n) is 4.12. The van der Waals surface area contributed by atoms with E-state index >= 15 is 0 Å². The second-order valence-corrected chi connectivity index (χ2v) is 5.46. The van der Waals surface area contributed by atoms with Gasteiger partial charge in [0.25, 0.3) is 0 Å². The highest BCUT2D eigenvalue weighted by molar-refractivity contribution is 5.74. The average Bonchev–Trinajstić information content (AvgIpc) is 2.39. The van der Waals surface area contributed by atoms with Gasteiger partial charge in [0.05, 0.1) is 6.10 Å². The molecule has 1 aliphatic heterocycles. The lowest BCUT2D eigenvalue weighted by Gasteiger charge is -2.34. The first-order chi connectivity index (χ1) is 8.58. The standard InChI is InChI=1S/C14H28N2O2/c1-4-12(5-2)9-15-14(18)16-8-6-7-13(10-16)11(3)17/h11-13,17H,4-10H2,1-3H3,(H,15,18). The zero-order valence-corrected chi connectivity index (χ0v) is 12.0. The Bertz CT molecular complexity index is 252. The highest BCUT2D eigenvalue weighted by Gasteiger charge is 2.26. The highest BCUT2D eigenvalue weighted by atomic mass is 16.3. The number of piperidine rings is 1. The van der Waals surface area contributed by atoms with E-state index in [4.69, 9.17) is 0 Å². The maximum Gasteiger partial charge on any atom is 0.317 e. The number of hydrogen-bond donors (Lipinski definition) is 2. The van der Waals surface area contributed by atoms with Crippen molar-refractivity contribution in [3.05, 3.63) is 0 Å². The van der Waals surface area contributed by atoms with E-state index in [1.165, 1.54) is 0 Å². The predicted octanol–water partition coefficient (Wildman–Crippen LogP) is 2.23. The number of carbonyl (C=O) groups excluding carboxylic acids is 1. The Morgan fingerprint density at radius 1 is 1.44 bits per heavy atom. The highest BCUT2D eigenvalue weighted by Crippen LogP contribution is 2.19. The number of nitrogens with zero attached hydrogens (tertiary/aromatic N) is 1. The lowest BCUT2D eigenvalue weighted by atomic mass is 9.94. The van der Waals surface area contributed by atoms with Crippen molar-refractivity contribution in [1.82, 2.24) is 10.2 Å². The molecule has 1 heterocycles. The van der Waals surface area contributed by atoms with Crippen molar-refractivity contribution in [2.45, 2.75) is 52.6 Å². The van der Waals surface area contributed by atoms with Crippen LogP contribution in [0.3, 0.4) is 0 Å². The number of rotatable bonds is 5. The maximum atomic E-state index is 12.0. The minimum atomic E-state index is -0.320. The fourth-order valence-electron chi connectivity index (χ4n) is 2.51. The molecule has 0 aliphatic carbocycles. The normalized spacial score (nSPS) is 22.1. The van der Waals surface area contributed by atoms with Crippen LogP contribution in [0.25, 0.3) is 0 Å². The first kappa shape index (κ1) is 15.3. The monoisotopic (exact) mass is 256 g/mol. The number of nitrogens with one attached hydrogen (secondary N) is 1. The molecule has 1 aliphatic rings. The van der Waals surface area contributed by atoms with E-state index in [2.05, 4.69) is 19.2 Å². The molecule has 4 nitrogen and oxygen atoms in total. The van der Waals surface area contributed by atoms with Gasteiger partial charge in [-0.25, -0.2) is 4.79 Å². The molecule has 0 bridgehead atoms. The molecule has 1 rings (SSSR count). The quantitative estimate of drug-likeness (QED) is 0.792. The molecule has 106 valence electrons. The second-order valence-electron chi connectivity index (χ2n) is 5.46. The fourth-order valence-corrected chi connectivity index (χ4v) is 2.51. The number of amides is 2. The van der Waals surface area contributed by atoms with Gasteiger partial charge in [0, 0.05) is 25.6 Å². The maximum absolute atomic E-state index is 12.0. The molecular weight excluding hydrogens is 228 g/mol. The predicted molar refractivity (Wildman–Crippen MR) is 73.4 cm³/mol. The van der Waals surface area contributed by atoms with E-state index < -0.39 is 0 Å². The van der Waals surface area contributed by atoms with Crippen LogP contribution in [-0.4, -0.2) is 41.8 Å². The molecule has 4 heteroatoms. The third kappa shape index (κ3) is 4.48. The van der Waals surface area contributed by atoms with E-state index in [0.29, 0.717) is 12.5 Å². The molecule has 2 unspecified atom stereocenters. The molecule has 0 aromatic rings. The van der Waals surface area contributed by atoms with Gasteiger partial charge >= 0.3 is 6.03 Å². The minimum absolute atomic E-state index is 0.0345. The van der Waals surface area contributed by atoms with Crippen LogP contribution in [0.4, 0.5) is 4.79 Å². The van der Waals surface area contributed by atoms with Gasteiger partial charge in [0.15, 0.2) is 0 Å². The van der Waals surface area contributed by atoms with Gasteiger partial charge in [0.2, 0.25) is 0 Å². The Balaban J connectivity index is 2.37. The summed E-state index contributed by atoms with van der Waals surface area (Å²) < 4.78 is 0. The summed E-state index contributed by atoms with van der Waals surface area (Å²) in [7, 11) is 0. The zero-order chi connectivity index (χ0) is 13.5. The van der Waals surface area contributed by atoms with Crippen LogP contribution >= 0.6 is 0 Å². The Kier molecular flexibility index (Phi) is 6.47. The van der Waals surface area contributed by atoms with Gasteiger partial charge in [-0.3, -0.25) is 0 Å². The largest absolute Gasteiger partial charge is 0.393 e. The molecule has 0 aromatic heterocycles. The molecule has 2 N–H and O–H groups in total. The van der Waals surface area contributed by atoms with E-state index in [1.54, 1.807) is 0 Å². The number of aliphatic hydroxyl groups excluding tert-OH is 1. The van der Waals surface area contributed by atoms with Crippen molar-refractivity contribution < 1.29 is 9.90 Å². The molecule has 0 aromatic carbocycles.